The molecule has 0 bridgehead atoms. The van der Waals surface area contributed by atoms with E-state index in [1.54, 1.807) is 0 Å². The second-order valence-electron chi connectivity index (χ2n) is 8.72. The fraction of sp³-hybridized carbons (Fsp3) is 0.481. The first-order valence-corrected chi connectivity index (χ1v) is 11.8. The number of hydrogen-bond acceptors (Lipinski definition) is 2. The SMILES string of the molecule is CCC(C(=O)NC1CCCC1)N(CCc1ccccc1)C(=O)CCc1ccc(C)cc1. The molecule has 0 saturated heterocycles. The van der Waals surface area contributed by atoms with Gasteiger partial charge in [0, 0.05) is 19.0 Å². The Morgan fingerprint density at radius 2 is 1.61 bits per heavy atom. The molecule has 4 heteroatoms. The van der Waals surface area contributed by atoms with Crippen LogP contribution in [0.15, 0.2) is 54.6 Å². The van der Waals surface area contributed by atoms with E-state index in [9.17, 15) is 9.59 Å². The molecule has 0 radical (unpaired) electrons. The molecule has 31 heavy (non-hydrogen) atoms. The first-order chi connectivity index (χ1) is 15.1. The van der Waals surface area contributed by atoms with Crippen LogP contribution in [0.25, 0.3) is 0 Å². The standard InChI is InChI=1S/C27H36N2O2/c1-3-25(27(31)28-24-11-7-8-12-24)29(20-19-22-9-5-4-6-10-22)26(30)18-17-23-15-13-21(2)14-16-23/h4-6,9-10,13-16,24-25H,3,7-8,11-12,17-20H2,1-2H3,(H,28,31). The van der Waals surface area contributed by atoms with Crippen molar-refractivity contribution in [2.75, 3.05) is 6.54 Å². The van der Waals surface area contributed by atoms with Crippen molar-refractivity contribution >= 4 is 11.8 Å². The van der Waals surface area contributed by atoms with Crippen LogP contribution >= 0.6 is 0 Å². The molecule has 0 aromatic heterocycles. The summed E-state index contributed by atoms with van der Waals surface area (Å²) in [5, 5.41) is 3.21. The molecule has 1 aliphatic rings. The lowest BCUT2D eigenvalue weighted by molar-refractivity contribution is -0.141. The number of amides is 2. The number of aryl methyl sites for hydroxylation is 2. The minimum atomic E-state index is -0.408. The van der Waals surface area contributed by atoms with E-state index < -0.39 is 6.04 Å². The van der Waals surface area contributed by atoms with Gasteiger partial charge in [0.15, 0.2) is 0 Å². The van der Waals surface area contributed by atoms with E-state index in [1.807, 2.05) is 30.0 Å². The first-order valence-electron chi connectivity index (χ1n) is 11.8. The van der Waals surface area contributed by atoms with Crippen LogP contribution < -0.4 is 5.32 Å². The minimum Gasteiger partial charge on any atom is -0.352 e. The summed E-state index contributed by atoms with van der Waals surface area (Å²) in [5.41, 5.74) is 3.56. The molecule has 1 atom stereocenters. The van der Waals surface area contributed by atoms with Gasteiger partial charge in [0.1, 0.15) is 6.04 Å². The van der Waals surface area contributed by atoms with Crippen molar-refractivity contribution in [3.63, 3.8) is 0 Å². The van der Waals surface area contributed by atoms with Gasteiger partial charge in [-0.2, -0.15) is 0 Å². The summed E-state index contributed by atoms with van der Waals surface area (Å²) in [7, 11) is 0. The maximum atomic E-state index is 13.3. The Bertz CT molecular complexity index is 826. The summed E-state index contributed by atoms with van der Waals surface area (Å²) >= 11 is 0. The monoisotopic (exact) mass is 420 g/mol. The molecule has 1 unspecified atom stereocenters. The molecule has 0 spiro atoms. The van der Waals surface area contributed by atoms with Crippen molar-refractivity contribution in [1.29, 1.82) is 0 Å². The van der Waals surface area contributed by atoms with E-state index in [4.69, 9.17) is 0 Å². The number of carbonyl (C=O) groups excluding carboxylic acids is 2. The van der Waals surface area contributed by atoms with Gasteiger partial charge >= 0.3 is 0 Å². The van der Waals surface area contributed by atoms with Gasteiger partial charge in [-0.3, -0.25) is 9.59 Å². The van der Waals surface area contributed by atoms with Gasteiger partial charge < -0.3 is 10.2 Å². The third-order valence-electron chi connectivity index (χ3n) is 6.32. The van der Waals surface area contributed by atoms with Gasteiger partial charge in [0.25, 0.3) is 0 Å². The predicted octanol–water partition coefficient (Wildman–Crippen LogP) is 4.84. The lowest BCUT2D eigenvalue weighted by Crippen LogP contribution is -2.51. The van der Waals surface area contributed by atoms with Gasteiger partial charge in [0.05, 0.1) is 0 Å². The third kappa shape index (κ3) is 6.95. The minimum absolute atomic E-state index is 0.00569. The van der Waals surface area contributed by atoms with Gasteiger partial charge in [0.2, 0.25) is 11.8 Å². The molecule has 4 nitrogen and oxygen atoms in total. The van der Waals surface area contributed by atoms with Crippen molar-refractivity contribution in [2.24, 2.45) is 0 Å². The zero-order valence-electron chi connectivity index (χ0n) is 19.0. The average Bonchev–Trinajstić information content (AvgIpc) is 3.29. The van der Waals surface area contributed by atoms with Crippen molar-refractivity contribution in [3.8, 4) is 0 Å². The normalized spacial score (nSPS) is 14.9. The molecule has 1 saturated carbocycles. The van der Waals surface area contributed by atoms with E-state index in [0.29, 0.717) is 25.8 Å². The molecule has 1 fully saturated rings. The molecule has 2 aromatic carbocycles. The van der Waals surface area contributed by atoms with Crippen LogP contribution in [-0.4, -0.2) is 35.3 Å². The Morgan fingerprint density at radius 1 is 0.968 bits per heavy atom. The number of carbonyl (C=O) groups is 2. The van der Waals surface area contributed by atoms with Crippen LogP contribution in [0, 0.1) is 6.92 Å². The van der Waals surface area contributed by atoms with Crippen LogP contribution in [0.2, 0.25) is 0 Å². The molecule has 2 amide bonds. The highest BCUT2D eigenvalue weighted by atomic mass is 16.2. The zero-order chi connectivity index (χ0) is 22.1. The van der Waals surface area contributed by atoms with E-state index in [2.05, 4.69) is 48.6 Å². The number of nitrogens with one attached hydrogen (secondary N) is 1. The van der Waals surface area contributed by atoms with Gasteiger partial charge in [-0.05, 0) is 50.2 Å². The maximum Gasteiger partial charge on any atom is 0.243 e. The summed E-state index contributed by atoms with van der Waals surface area (Å²) in [6.45, 7) is 4.63. The number of hydrogen-bond donors (Lipinski definition) is 1. The molecular weight excluding hydrogens is 384 g/mol. The smallest absolute Gasteiger partial charge is 0.243 e. The lowest BCUT2D eigenvalue weighted by Gasteiger charge is -2.31. The highest BCUT2D eigenvalue weighted by molar-refractivity contribution is 5.88. The predicted molar refractivity (Wildman–Crippen MR) is 126 cm³/mol. The molecule has 1 aliphatic carbocycles. The van der Waals surface area contributed by atoms with Crippen molar-refractivity contribution in [2.45, 2.75) is 77.3 Å². The van der Waals surface area contributed by atoms with Gasteiger partial charge in [-0.25, -0.2) is 0 Å². The number of benzene rings is 2. The Kier molecular flexibility index (Phi) is 8.69. The largest absolute Gasteiger partial charge is 0.352 e. The summed E-state index contributed by atoms with van der Waals surface area (Å²) in [4.78, 5) is 28.2. The average molecular weight is 421 g/mol. The van der Waals surface area contributed by atoms with Crippen LogP contribution in [-0.2, 0) is 22.4 Å². The van der Waals surface area contributed by atoms with Crippen LogP contribution in [0.5, 0.6) is 0 Å². The summed E-state index contributed by atoms with van der Waals surface area (Å²) in [5.74, 6) is 0.0658. The van der Waals surface area contributed by atoms with E-state index in [-0.39, 0.29) is 17.9 Å². The molecule has 0 heterocycles. The molecule has 1 N–H and O–H groups in total. The molecule has 2 aromatic rings. The van der Waals surface area contributed by atoms with Crippen LogP contribution in [0.4, 0.5) is 0 Å². The van der Waals surface area contributed by atoms with E-state index in [0.717, 1.165) is 24.8 Å². The highest BCUT2D eigenvalue weighted by Crippen LogP contribution is 2.19. The van der Waals surface area contributed by atoms with E-state index >= 15 is 0 Å². The third-order valence-corrected chi connectivity index (χ3v) is 6.32. The summed E-state index contributed by atoms with van der Waals surface area (Å²) < 4.78 is 0. The molecule has 0 aliphatic heterocycles. The van der Waals surface area contributed by atoms with Crippen molar-refractivity contribution < 1.29 is 9.59 Å². The van der Waals surface area contributed by atoms with Crippen LogP contribution in [0.3, 0.4) is 0 Å². The lowest BCUT2D eigenvalue weighted by atomic mass is 10.0. The molecule has 166 valence electrons. The van der Waals surface area contributed by atoms with Crippen molar-refractivity contribution in [3.05, 3.63) is 71.3 Å². The topological polar surface area (TPSA) is 49.4 Å². The Labute approximate surface area is 187 Å². The fourth-order valence-electron chi connectivity index (χ4n) is 4.41. The van der Waals surface area contributed by atoms with Gasteiger partial charge in [-0.15, -0.1) is 0 Å². The number of nitrogens with zero attached hydrogens (tertiary/aromatic N) is 1. The Hall–Kier alpha value is -2.62. The first kappa shape index (κ1) is 23.1. The van der Waals surface area contributed by atoms with Crippen LogP contribution in [0.1, 0.15) is 62.1 Å². The maximum absolute atomic E-state index is 13.3. The summed E-state index contributed by atoms with van der Waals surface area (Å²) in [6.07, 6.45) is 6.95. The fourth-order valence-corrected chi connectivity index (χ4v) is 4.41. The molecule has 3 rings (SSSR count). The Morgan fingerprint density at radius 3 is 2.26 bits per heavy atom. The zero-order valence-corrected chi connectivity index (χ0v) is 19.0. The quantitative estimate of drug-likeness (QED) is 0.598. The Balaban J connectivity index is 1.68. The summed E-state index contributed by atoms with van der Waals surface area (Å²) in [6, 6.07) is 18.4. The number of rotatable bonds is 10. The second kappa shape index (κ2) is 11.7. The van der Waals surface area contributed by atoms with E-state index in [1.165, 1.54) is 24.0 Å². The highest BCUT2D eigenvalue weighted by Gasteiger charge is 2.30. The molecular formula is C27H36N2O2. The second-order valence-corrected chi connectivity index (χ2v) is 8.72. The van der Waals surface area contributed by atoms with Gasteiger partial charge in [-0.1, -0.05) is 79.9 Å². The van der Waals surface area contributed by atoms with Crippen molar-refractivity contribution in [1.82, 2.24) is 10.2 Å².